The van der Waals surface area contributed by atoms with E-state index in [0.717, 1.165) is 36.4 Å². The predicted octanol–water partition coefficient (Wildman–Crippen LogP) is 4.37. The van der Waals surface area contributed by atoms with Crippen LogP contribution in [0.4, 0.5) is 33.6 Å². The van der Waals surface area contributed by atoms with E-state index in [1.165, 1.54) is 12.3 Å². The summed E-state index contributed by atoms with van der Waals surface area (Å²) in [5.41, 5.74) is -0.0150. The van der Waals surface area contributed by atoms with Gasteiger partial charge in [-0.1, -0.05) is 6.07 Å². The van der Waals surface area contributed by atoms with Crippen molar-refractivity contribution < 1.29 is 22.0 Å². The summed E-state index contributed by atoms with van der Waals surface area (Å²) in [6.45, 7) is 0.837. The van der Waals surface area contributed by atoms with Crippen molar-refractivity contribution in [1.29, 1.82) is 0 Å². The predicted molar refractivity (Wildman–Crippen MR) is 111 cm³/mol. The fourth-order valence-electron chi connectivity index (χ4n) is 4.77. The van der Waals surface area contributed by atoms with E-state index in [1.807, 2.05) is 4.90 Å². The molecule has 0 bridgehead atoms. The van der Waals surface area contributed by atoms with E-state index in [1.54, 1.807) is 12.3 Å². The smallest absolute Gasteiger partial charge is 0.366 e. The molecule has 0 amide bonds. The monoisotopic (exact) mass is 467 g/mol. The second kappa shape index (κ2) is 8.07. The molecule has 3 aromatic heterocycles. The zero-order valence-corrected chi connectivity index (χ0v) is 17.6. The minimum atomic E-state index is -4.45. The molecule has 33 heavy (non-hydrogen) atoms. The van der Waals surface area contributed by atoms with Crippen molar-refractivity contribution in [3.8, 4) is 0 Å². The fourth-order valence-corrected chi connectivity index (χ4v) is 4.77. The van der Waals surface area contributed by atoms with Gasteiger partial charge in [-0.25, -0.2) is 28.4 Å². The number of hydrogen-bond acceptors (Lipinski definition) is 6. The van der Waals surface area contributed by atoms with Crippen LogP contribution in [-0.4, -0.2) is 50.3 Å². The summed E-state index contributed by atoms with van der Waals surface area (Å²) in [6, 6.07) is 4.15. The van der Waals surface area contributed by atoms with Crippen LogP contribution in [-0.2, 0) is 12.7 Å². The molecule has 1 aliphatic heterocycles. The Morgan fingerprint density at radius 3 is 2.55 bits per heavy atom. The molecule has 176 valence electrons. The number of pyridine rings is 1. The highest BCUT2D eigenvalue weighted by Crippen LogP contribution is 2.46. The molecule has 0 unspecified atom stereocenters. The molecular weight excluding hydrogens is 445 g/mol. The Kier molecular flexibility index (Phi) is 5.32. The van der Waals surface area contributed by atoms with E-state index in [4.69, 9.17) is 0 Å². The molecule has 1 aliphatic carbocycles. The van der Waals surface area contributed by atoms with Crippen molar-refractivity contribution >= 4 is 22.8 Å². The molecule has 1 spiro atoms. The lowest BCUT2D eigenvalue weighted by atomic mass is 9.67. The molecule has 1 saturated heterocycles. The maximum absolute atomic E-state index is 12.9. The Balaban J connectivity index is 1.18. The molecule has 7 nitrogen and oxygen atoms in total. The van der Waals surface area contributed by atoms with Gasteiger partial charge in [0.2, 0.25) is 0 Å². The Bertz CT molecular complexity index is 1130. The van der Waals surface area contributed by atoms with Crippen molar-refractivity contribution in [1.82, 2.24) is 24.7 Å². The molecule has 0 radical (unpaired) electrons. The maximum Gasteiger partial charge on any atom is 0.433 e. The van der Waals surface area contributed by atoms with Gasteiger partial charge in [-0.15, -0.1) is 0 Å². The average molecular weight is 467 g/mol. The first-order chi connectivity index (χ1) is 15.7. The van der Waals surface area contributed by atoms with E-state index in [-0.39, 0.29) is 11.5 Å². The Labute approximate surface area is 186 Å². The van der Waals surface area contributed by atoms with E-state index < -0.39 is 24.8 Å². The van der Waals surface area contributed by atoms with Gasteiger partial charge in [0.25, 0.3) is 6.43 Å². The molecule has 2 fully saturated rings. The first kappa shape index (κ1) is 21.8. The van der Waals surface area contributed by atoms with E-state index in [2.05, 4.69) is 25.4 Å². The number of halogens is 5. The first-order valence-electron chi connectivity index (χ1n) is 10.7. The number of nitrogens with one attached hydrogen (secondary N) is 1. The van der Waals surface area contributed by atoms with Gasteiger partial charge in [0.1, 0.15) is 29.4 Å². The molecule has 4 heterocycles. The minimum Gasteiger partial charge on any atom is -0.366 e. The van der Waals surface area contributed by atoms with Gasteiger partial charge in [0.05, 0.1) is 12.4 Å². The number of alkyl halides is 5. The number of rotatable bonds is 5. The second-order valence-electron chi connectivity index (χ2n) is 8.84. The summed E-state index contributed by atoms with van der Waals surface area (Å²) >= 11 is 0. The van der Waals surface area contributed by atoms with Crippen LogP contribution in [0.15, 0.2) is 30.6 Å². The first-order valence-corrected chi connectivity index (χ1v) is 10.7. The number of hydrogen-bond donors (Lipinski definition) is 1. The van der Waals surface area contributed by atoms with Crippen LogP contribution in [0.5, 0.6) is 0 Å². The number of nitrogens with zero attached hydrogens (tertiary/aromatic N) is 6. The molecule has 5 rings (SSSR count). The molecule has 0 aromatic carbocycles. The second-order valence-corrected chi connectivity index (χ2v) is 8.84. The Morgan fingerprint density at radius 1 is 1.09 bits per heavy atom. The average Bonchev–Trinajstić information content (AvgIpc) is 3.14. The standard InChI is InChI=1S/C21H22F5N7/c22-16(23)10-33-19-14(8-28-33)27-9-17(31-19)29-13-4-6-20(7-5-13)11-32(12-20)18-3-1-2-15(30-18)21(24,25)26/h1-3,8-9,13,16H,4-7,10-12H2,(H,29,31). The molecule has 3 aromatic rings. The lowest BCUT2D eigenvalue weighted by molar-refractivity contribution is -0.141. The summed E-state index contributed by atoms with van der Waals surface area (Å²) in [4.78, 5) is 14.3. The van der Waals surface area contributed by atoms with E-state index in [9.17, 15) is 22.0 Å². The molecule has 1 N–H and O–H groups in total. The van der Waals surface area contributed by atoms with Crippen molar-refractivity contribution in [2.24, 2.45) is 5.41 Å². The minimum absolute atomic E-state index is 0.0830. The van der Waals surface area contributed by atoms with Gasteiger partial charge < -0.3 is 10.2 Å². The van der Waals surface area contributed by atoms with Crippen molar-refractivity contribution in [3.05, 3.63) is 36.3 Å². The van der Waals surface area contributed by atoms with Crippen LogP contribution in [0.1, 0.15) is 31.4 Å². The largest absolute Gasteiger partial charge is 0.433 e. The SMILES string of the molecule is FC(F)Cn1ncc2ncc(NC3CCC4(CC3)CN(c3cccc(C(F)(F)F)n3)C4)nc21. The number of anilines is 2. The molecule has 0 atom stereocenters. The highest BCUT2D eigenvalue weighted by Gasteiger charge is 2.46. The lowest BCUT2D eigenvalue weighted by Crippen LogP contribution is -2.58. The summed E-state index contributed by atoms with van der Waals surface area (Å²) in [5, 5.41) is 7.27. The van der Waals surface area contributed by atoms with Gasteiger partial charge in [-0.3, -0.25) is 0 Å². The van der Waals surface area contributed by atoms with Gasteiger partial charge in [-0.2, -0.15) is 18.3 Å². The quantitative estimate of drug-likeness (QED) is 0.562. The summed E-state index contributed by atoms with van der Waals surface area (Å²) < 4.78 is 65.4. The molecule has 1 saturated carbocycles. The third-order valence-electron chi connectivity index (χ3n) is 6.46. The van der Waals surface area contributed by atoms with Crippen LogP contribution >= 0.6 is 0 Å². The lowest BCUT2D eigenvalue weighted by Gasteiger charge is -2.54. The third kappa shape index (κ3) is 4.42. The van der Waals surface area contributed by atoms with Crippen LogP contribution in [0.2, 0.25) is 0 Å². The summed E-state index contributed by atoms with van der Waals surface area (Å²) in [6.07, 6.45) is -0.385. The number of aromatic nitrogens is 5. The van der Waals surface area contributed by atoms with Crippen LogP contribution < -0.4 is 10.2 Å². The van der Waals surface area contributed by atoms with Gasteiger partial charge in [0, 0.05) is 24.5 Å². The van der Waals surface area contributed by atoms with Crippen molar-refractivity contribution in [2.75, 3.05) is 23.3 Å². The van der Waals surface area contributed by atoms with Crippen molar-refractivity contribution in [3.63, 3.8) is 0 Å². The van der Waals surface area contributed by atoms with Gasteiger partial charge in [-0.05, 0) is 37.8 Å². The Morgan fingerprint density at radius 2 is 1.85 bits per heavy atom. The van der Waals surface area contributed by atoms with Gasteiger partial charge in [0.15, 0.2) is 5.65 Å². The highest BCUT2D eigenvalue weighted by atomic mass is 19.4. The molecule has 2 aliphatic rings. The summed E-state index contributed by atoms with van der Waals surface area (Å²) in [5.74, 6) is 0.877. The fraction of sp³-hybridized carbons (Fsp3) is 0.524. The van der Waals surface area contributed by atoms with Crippen molar-refractivity contribution in [2.45, 2.75) is 50.9 Å². The normalized spacial score (nSPS) is 18.8. The summed E-state index contributed by atoms with van der Waals surface area (Å²) in [7, 11) is 0. The Hall–Kier alpha value is -3.05. The van der Waals surface area contributed by atoms with Gasteiger partial charge >= 0.3 is 6.18 Å². The zero-order valence-electron chi connectivity index (χ0n) is 17.6. The highest BCUT2D eigenvalue weighted by molar-refractivity contribution is 5.71. The van der Waals surface area contributed by atoms with E-state index in [0.29, 0.717) is 35.9 Å². The zero-order chi connectivity index (χ0) is 23.2. The molecule has 12 heteroatoms. The van der Waals surface area contributed by atoms with Crippen LogP contribution in [0.25, 0.3) is 11.2 Å². The van der Waals surface area contributed by atoms with Crippen LogP contribution in [0, 0.1) is 5.41 Å². The van der Waals surface area contributed by atoms with Crippen LogP contribution in [0.3, 0.4) is 0 Å². The topological polar surface area (TPSA) is 71.8 Å². The molecular formula is C21H22F5N7. The van der Waals surface area contributed by atoms with E-state index >= 15 is 0 Å². The number of fused-ring (bicyclic) bond motifs is 1. The maximum atomic E-state index is 12.9. The third-order valence-corrected chi connectivity index (χ3v) is 6.46.